The van der Waals surface area contributed by atoms with E-state index in [2.05, 4.69) is 5.32 Å². The van der Waals surface area contributed by atoms with Crippen LogP contribution in [-0.4, -0.2) is 37.2 Å². The van der Waals surface area contributed by atoms with Crippen LogP contribution >= 0.6 is 0 Å². The van der Waals surface area contributed by atoms with Crippen LogP contribution < -0.4 is 14.8 Å². The van der Waals surface area contributed by atoms with Crippen molar-refractivity contribution in [1.82, 2.24) is 4.90 Å². The molecule has 0 aromatic heterocycles. The summed E-state index contributed by atoms with van der Waals surface area (Å²) in [7, 11) is 0. The molecule has 1 heterocycles. The highest BCUT2D eigenvalue weighted by atomic mass is 16.5. The monoisotopic (exact) mass is 292 g/mol. The molecule has 0 spiro atoms. The van der Waals surface area contributed by atoms with Crippen molar-refractivity contribution < 1.29 is 14.3 Å². The lowest BCUT2D eigenvalue weighted by Gasteiger charge is -2.26. The number of amides is 2. The van der Waals surface area contributed by atoms with Crippen LogP contribution in [0.1, 0.15) is 33.1 Å². The molecule has 0 aliphatic carbocycles. The zero-order chi connectivity index (χ0) is 15.1. The molecule has 1 fully saturated rings. The Morgan fingerprint density at radius 2 is 1.76 bits per heavy atom. The minimum absolute atomic E-state index is 0.0405. The SMILES string of the molecule is CCOc1ccc(NC(=O)N2CCCCC2)cc1OCC. The summed E-state index contributed by atoms with van der Waals surface area (Å²) >= 11 is 0. The van der Waals surface area contributed by atoms with Gasteiger partial charge < -0.3 is 19.7 Å². The first kappa shape index (κ1) is 15.5. The van der Waals surface area contributed by atoms with Gasteiger partial charge in [0.15, 0.2) is 11.5 Å². The Bertz CT molecular complexity index is 471. The van der Waals surface area contributed by atoms with Crippen LogP contribution in [0.5, 0.6) is 11.5 Å². The summed E-state index contributed by atoms with van der Waals surface area (Å²) in [6, 6.07) is 5.45. The summed E-state index contributed by atoms with van der Waals surface area (Å²) in [5.74, 6) is 1.37. The summed E-state index contributed by atoms with van der Waals surface area (Å²) in [4.78, 5) is 14.1. The summed E-state index contributed by atoms with van der Waals surface area (Å²) in [6.07, 6.45) is 3.38. The van der Waals surface area contributed by atoms with Crippen molar-refractivity contribution in [3.63, 3.8) is 0 Å². The van der Waals surface area contributed by atoms with Crippen molar-refractivity contribution in [3.05, 3.63) is 18.2 Å². The Kier molecular flexibility index (Phi) is 5.72. The minimum atomic E-state index is -0.0405. The third-order valence-electron chi connectivity index (χ3n) is 3.44. The summed E-state index contributed by atoms with van der Waals surface area (Å²) < 4.78 is 11.1. The zero-order valence-corrected chi connectivity index (χ0v) is 12.9. The maximum atomic E-state index is 12.2. The fourth-order valence-corrected chi connectivity index (χ4v) is 2.43. The van der Waals surface area contributed by atoms with Gasteiger partial charge in [-0.25, -0.2) is 4.79 Å². The molecule has 2 rings (SSSR count). The van der Waals surface area contributed by atoms with Gasteiger partial charge in [0.05, 0.1) is 13.2 Å². The molecular formula is C16H24N2O3. The number of anilines is 1. The first-order chi connectivity index (χ1) is 10.2. The van der Waals surface area contributed by atoms with Gasteiger partial charge in [-0.15, -0.1) is 0 Å². The summed E-state index contributed by atoms with van der Waals surface area (Å²) in [5.41, 5.74) is 0.734. The van der Waals surface area contributed by atoms with Crippen LogP contribution in [0.2, 0.25) is 0 Å². The van der Waals surface area contributed by atoms with Crippen LogP contribution in [0.4, 0.5) is 10.5 Å². The van der Waals surface area contributed by atoms with Crippen molar-refractivity contribution >= 4 is 11.7 Å². The molecule has 0 atom stereocenters. The molecular weight excluding hydrogens is 268 g/mol. The number of benzene rings is 1. The number of carbonyl (C=O) groups is 1. The van der Waals surface area contributed by atoms with E-state index in [1.54, 1.807) is 0 Å². The molecule has 1 N–H and O–H groups in total. The second-order valence-electron chi connectivity index (χ2n) is 5.01. The Labute approximate surface area is 126 Å². The topological polar surface area (TPSA) is 50.8 Å². The van der Waals surface area contributed by atoms with Crippen molar-refractivity contribution in [2.45, 2.75) is 33.1 Å². The normalized spacial score (nSPS) is 14.7. The lowest BCUT2D eigenvalue weighted by Crippen LogP contribution is -2.38. The highest BCUT2D eigenvalue weighted by molar-refractivity contribution is 5.89. The van der Waals surface area contributed by atoms with E-state index in [1.807, 2.05) is 36.9 Å². The van der Waals surface area contributed by atoms with Gasteiger partial charge in [0, 0.05) is 24.8 Å². The van der Waals surface area contributed by atoms with Crippen molar-refractivity contribution in [2.24, 2.45) is 0 Å². The number of hydrogen-bond donors (Lipinski definition) is 1. The number of piperidine rings is 1. The average Bonchev–Trinajstić information content (AvgIpc) is 2.51. The second kappa shape index (κ2) is 7.76. The van der Waals surface area contributed by atoms with E-state index >= 15 is 0 Å². The van der Waals surface area contributed by atoms with Gasteiger partial charge in [0.1, 0.15) is 0 Å². The van der Waals surface area contributed by atoms with Gasteiger partial charge in [-0.05, 0) is 45.2 Å². The molecule has 1 aliphatic heterocycles. The molecule has 0 radical (unpaired) electrons. The van der Waals surface area contributed by atoms with E-state index in [0.29, 0.717) is 24.7 Å². The van der Waals surface area contributed by atoms with Gasteiger partial charge in [-0.3, -0.25) is 0 Å². The molecule has 0 bridgehead atoms. The highest BCUT2D eigenvalue weighted by Gasteiger charge is 2.17. The molecule has 2 amide bonds. The van der Waals surface area contributed by atoms with Crippen molar-refractivity contribution in [3.8, 4) is 11.5 Å². The van der Waals surface area contributed by atoms with Crippen LogP contribution in [0.25, 0.3) is 0 Å². The summed E-state index contributed by atoms with van der Waals surface area (Å²) in [6.45, 7) is 6.67. The average molecular weight is 292 g/mol. The predicted molar refractivity (Wildman–Crippen MR) is 83.2 cm³/mol. The largest absolute Gasteiger partial charge is 0.490 e. The van der Waals surface area contributed by atoms with E-state index < -0.39 is 0 Å². The van der Waals surface area contributed by atoms with Crippen molar-refractivity contribution in [2.75, 3.05) is 31.6 Å². The molecule has 1 saturated heterocycles. The number of nitrogens with one attached hydrogen (secondary N) is 1. The number of rotatable bonds is 5. The van der Waals surface area contributed by atoms with Crippen LogP contribution in [0, 0.1) is 0 Å². The number of nitrogens with zero attached hydrogens (tertiary/aromatic N) is 1. The number of hydrogen-bond acceptors (Lipinski definition) is 3. The molecule has 0 unspecified atom stereocenters. The third kappa shape index (κ3) is 4.28. The fourth-order valence-electron chi connectivity index (χ4n) is 2.43. The summed E-state index contributed by atoms with van der Waals surface area (Å²) in [5, 5.41) is 2.93. The predicted octanol–water partition coefficient (Wildman–Crippen LogP) is 3.50. The molecule has 1 aromatic rings. The lowest BCUT2D eigenvalue weighted by atomic mass is 10.1. The zero-order valence-electron chi connectivity index (χ0n) is 12.9. The highest BCUT2D eigenvalue weighted by Crippen LogP contribution is 2.30. The van der Waals surface area contributed by atoms with Gasteiger partial charge in [-0.2, -0.15) is 0 Å². The van der Waals surface area contributed by atoms with E-state index in [1.165, 1.54) is 6.42 Å². The Hall–Kier alpha value is -1.91. The second-order valence-corrected chi connectivity index (χ2v) is 5.01. The number of urea groups is 1. The maximum absolute atomic E-state index is 12.2. The Balaban J connectivity index is 2.05. The molecule has 21 heavy (non-hydrogen) atoms. The molecule has 1 aliphatic rings. The molecule has 0 saturated carbocycles. The number of ether oxygens (including phenoxy) is 2. The van der Waals surface area contributed by atoms with E-state index in [4.69, 9.17) is 9.47 Å². The Morgan fingerprint density at radius 3 is 2.43 bits per heavy atom. The standard InChI is InChI=1S/C16H24N2O3/c1-3-20-14-9-8-13(12-15(14)21-4-2)17-16(19)18-10-6-5-7-11-18/h8-9,12H,3-7,10-11H2,1-2H3,(H,17,19). The fraction of sp³-hybridized carbons (Fsp3) is 0.562. The molecule has 5 nitrogen and oxygen atoms in total. The van der Waals surface area contributed by atoms with Crippen LogP contribution in [0.3, 0.4) is 0 Å². The van der Waals surface area contributed by atoms with E-state index in [-0.39, 0.29) is 6.03 Å². The molecule has 116 valence electrons. The van der Waals surface area contributed by atoms with Gasteiger partial charge >= 0.3 is 6.03 Å². The van der Waals surface area contributed by atoms with Gasteiger partial charge in [0.25, 0.3) is 0 Å². The van der Waals surface area contributed by atoms with Crippen molar-refractivity contribution in [1.29, 1.82) is 0 Å². The van der Waals surface area contributed by atoms with E-state index in [0.717, 1.165) is 31.6 Å². The first-order valence-corrected chi connectivity index (χ1v) is 7.70. The number of likely N-dealkylation sites (tertiary alicyclic amines) is 1. The quantitative estimate of drug-likeness (QED) is 0.903. The molecule has 1 aromatic carbocycles. The number of carbonyl (C=O) groups excluding carboxylic acids is 1. The third-order valence-corrected chi connectivity index (χ3v) is 3.44. The Morgan fingerprint density at radius 1 is 1.10 bits per heavy atom. The lowest BCUT2D eigenvalue weighted by molar-refractivity contribution is 0.200. The van der Waals surface area contributed by atoms with Crippen LogP contribution in [-0.2, 0) is 0 Å². The maximum Gasteiger partial charge on any atom is 0.321 e. The molecule has 5 heteroatoms. The van der Waals surface area contributed by atoms with E-state index in [9.17, 15) is 4.79 Å². The van der Waals surface area contributed by atoms with Crippen LogP contribution in [0.15, 0.2) is 18.2 Å². The minimum Gasteiger partial charge on any atom is -0.490 e. The van der Waals surface area contributed by atoms with Gasteiger partial charge in [0.2, 0.25) is 0 Å². The first-order valence-electron chi connectivity index (χ1n) is 7.70. The smallest absolute Gasteiger partial charge is 0.321 e. The van der Waals surface area contributed by atoms with Gasteiger partial charge in [-0.1, -0.05) is 0 Å².